The Kier molecular flexibility index (Phi) is 6.69. The van der Waals surface area contributed by atoms with Crippen molar-refractivity contribution in [1.82, 2.24) is 15.0 Å². The second kappa shape index (κ2) is 9.23. The summed E-state index contributed by atoms with van der Waals surface area (Å²) in [6.07, 6.45) is 4.48. The zero-order valence-corrected chi connectivity index (χ0v) is 17.7. The minimum Gasteiger partial charge on any atom is -0.394 e. The minimum absolute atomic E-state index is 0.0242. The molecule has 3 rings (SSSR count). The van der Waals surface area contributed by atoms with Crippen LogP contribution >= 0.6 is 0 Å². The van der Waals surface area contributed by atoms with Crippen LogP contribution in [0.2, 0.25) is 0 Å². The summed E-state index contributed by atoms with van der Waals surface area (Å²) < 4.78 is 5.25. The highest BCUT2D eigenvalue weighted by molar-refractivity contribution is 5.93. The molecule has 160 valence electrons. The van der Waals surface area contributed by atoms with Crippen LogP contribution in [0.1, 0.15) is 38.7 Å². The number of unbranched alkanes of at least 4 members (excludes halogenated alkanes) is 1. The first kappa shape index (κ1) is 21.7. The maximum atomic E-state index is 11.9. The highest BCUT2D eigenvalue weighted by Gasteiger charge is 2.24. The Bertz CT molecular complexity index is 1080. The molecule has 0 unspecified atom stereocenters. The Labute approximate surface area is 175 Å². The molecule has 0 bridgehead atoms. The summed E-state index contributed by atoms with van der Waals surface area (Å²) in [5.41, 5.74) is 8.40. The third kappa shape index (κ3) is 4.77. The van der Waals surface area contributed by atoms with E-state index in [0.717, 1.165) is 41.3 Å². The summed E-state index contributed by atoms with van der Waals surface area (Å²) in [5, 5.41) is 14.1. The number of rotatable bonds is 9. The molecule has 0 saturated carbocycles. The predicted molar refractivity (Wildman–Crippen MR) is 119 cm³/mol. The molecule has 0 saturated heterocycles. The molecule has 0 aliphatic heterocycles. The molecule has 0 aliphatic rings. The van der Waals surface area contributed by atoms with Crippen LogP contribution in [-0.4, -0.2) is 39.3 Å². The summed E-state index contributed by atoms with van der Waals surface area (Å²) in [4.78, 5) is 23.3. The molecule has 5 N–H and O–H groups in total. The number of nitrogens with one attached hydrogen (secondary N) is 2. The summed E-state index contributed by atoms with van der Waals surface area (Å²) in [6.45, 7) is 4.43. The molecule has 8 heteroatoms. The molecular weight excluding hydrogens is 382 g/mol. The molecule has 0 radical (unpaired) electrons. The van der Waals surface area contributed by atoms with E-state index in [1.54, 1.807) is 19.4 Å². The maximum absolute atomic E-state index is 11.9. The smallest absolute Gasteiger partial charge is 0.248 e. The Morgan fingerprint density at radius 3 is 2.80 bits per heavy atom. The number of nitrogen functional groups attached to an aromatic ring is 1. The summed E-state index contributed by atoms with van der Waals surface area (Å²) >= 11 is 0. The van der Waals surface area contributed by atoms with Crippen LogP contribution in [0.4, 0.5) is 11.8 Å². The number of hydrogen-bond donors (Lipinski definition) is 4. The average molecular weight is 412 g/mol. The van der Waals surface area contributed by atoms with Gasteiger partial charge in [0.25, 0.3) is 0 Å². The van der Waals surface area contributed by atoms with Crippen LogP contribution < -0.4 is 16.6 Å². The first-order valence-corrected chi connectivity index (χ1v) is 10.1. The molecule has 0 aliphatic carbocycles. The highest BCUT2D eigenvalue weighted by Crippen LogP contribution is 2.31. The van der Waals surface area contributed by atoms with E-state index in [-0.39, 0.29) is 18.1 Å². The van der Waals surface area contributed by atoms with E-state index < -0.39 is 5.54 Å². The number of aliphatic hydroxyl groups is 1. The van der Waals surface area contributed by atoms with Crippen LogP contribution in [-0.2, 0) is 11.3 Å². The number of ether oxygens (including phenoxy) is 1. The Hall–Kier alpha value is -2.97. The SMILES string of the molecule is CCCC[C@](C)(CO)Nc1nc(N)nc2cc(-c3cc(=O)[nH]cc3COC)ccc12. The van der Waals surface area contributed by atoms with Crippen LogP contribution in [0.5, 0.6) is 0 Å². The largest absolute Gasteiger partial charge is 0.394 e. The molecule has 0 spiro atoms. The number of benzene rings is 1. The van der Waals surface area contributed by atoms with Crippen molar-refractivity contribution in [1.29, 1.82) is 0 Å². The van der Waals surface area contributed by atoms with Crippen molar-refractivity contribution in [2.45, 2.75) is 45.3 Å². The van der Waals surface area contributed by atoms with E-state index in [4.69, 9.17) is 10.5 Å². The van der Waals surface area contributed by atoms with Crippen LogP contribution in [0, 0.1) is 0 Å². The van der Waals surface area contributed by atoms with Gasteiger partial charge in [-0.1, -0.05) is 25.8 Å². The monoisotopic (exact) mass is 411 g/mol. The molecule has 0 amide bonds. The summed E-state index contributed by atoms with van der Waals surface area (Å²) in [5.74, 6) is 0.723. The van der Waals surface area contributed by atoms with Gasteiger partial charge in [-0.15, -0.1) is 0 Å². The van der Waals surface area contributed by atoms with Gasteiger partial charge < -0.3 is 25.9 Å². The quantitative estimate of drug-likeness (QED) is 0.426. The lowest BCUT2D eigenvalue weighted by molar-refractivity contribution is 0.185. The number of aliphatic hydroxyl groups excluding tert-OH is 1. The van der Waals surface area contributed by atoms with Gasteiger partial charge >= 0.3 is 0 Å². The number of pyridine rings is 1. The Balaban J connectivity index is 2.07. The standard InChI is InChI=1S/C22H29N5O3/c1-4-5-8-22(2,13-28)27-20-16-7-6-14(9-18(16)25-21(23)26-20)17-10-19(29)24-11-15(17)12-30-3/h6-7,9-11,28H,4-5,8,12-13H2,1-3H3,(H,24,29)(H3,23,25,26,27)/t22-/m1/s1. The van der Waals surface area contributed by atoms with E-state index in [9.17, 15) is 9.90 Å². The van der Waals surface area contributed by atoms with Crippen molar-refractivity contribution in [3.63, 3.8) is 0 Å². The molecule has 1 atom stereocenters. The van der Waals surface area contributed by atoms with E-state index >= 15 is 0 Å². The van der Waals surface area contributed by atoms with Crippen molar-refractivity contribution < 1.29 is 9.84 Å². The zero-order valence-electron chi connectivity index (χ0n) is 17.7. The lowest BCUT2D eigenvalue weighted by Gasteiger charge is -2.30. The number of nitrogens with two attached hydrogens (primary N) is 1. The fourth-order valence-corrected chi connectivity index (χ4v) is 3.49. The van der Waals surface area contributed by atoms with Crippen LogP contribution in [0.3, 0.4) is 0 Å². The fourth-order valence-electron chi connectivity index (χ4n) is 3.49. The second-order valence-electron chi connectivity index (χ2n) is 7.78. The zero-order chi connectivity index (χ0) is 21.7. The number of methoxy groups -OCH3 is 1. The first-order valence-electron chi connectivity index (χ1n) is 10.1. The number of fused-ring (bicyclic) bond motifs is 1. The number of nitrogens with zero attached hydrogens (tertiary/aromatic N) is 2. The molecule has 8 nitrogen and oxygen atoms in total. The molecule has 0 fully saturated rings. The van der Waals surface area contributed by atoms with E-state index in [0.29, 0.717) is 17.9 Å². The molecule has 2 aromatic heterocycles. The number of hydrogen-bond acceptors (Lipinski definition) is 7. The van der Waals surface area contributed by atoms with Crippen molar-refractivity contribution in [3.8, 4) is 11.1 Å². The molecule has 2 heterocycles. The maximum Gasteiger partial charge on any atom is 0.248 e. The second-order valence-corrected chi connectivity index (χ2v) is 7.78. The third-order valence-electron chi connectivity index (χ3n) is 5.19. The third-order valence-corrected chi connectivity index (χ3v) is 5.19. The minimum atomic E-state index is -0.513. The van der Waals surface area contributed by atoms with E-state index in [1.165, 1.54) is 0 Å². The average Bonchev–Trinajstić information content (AvgIpc) is 2.73. The van der Waals surface area contributed by atoms with Crippen LogP contribution in [0.15, 0.2) is 35.3 Å². The predicted octanol–water partition coefficient (Wildman–Crippen LogP) is 3.07. The topological polar surface area (TPSA) is 126 Å². The van der Waals surface area contributed by atoms with Crippen LogP contribution in [0.25, 0.3) is 22.0 Å². The normalized spacial score (nSPS) is 13.3. The Morgan fingerprint density at radius 2 is 2.10 bits per heavy atom. The number of aromatic nitrogens is 3. The Morgan fingerprint density at radius 1 is 1.30 bits per heavy atom. The summed E-state index contributed by atoms with van der Waals surface area (Å²) in [6, 6.07) is 7.26. The van der Waals surface area contributed by atoms with Crippen molar-refractivity contribution in [2.75, 3.05) is 24.8 Å². The van der Waals surface area contributed by atoms with Gasteiger partial charge in [-0.3, -0.25) is 4.79 Å². The van der Waals surface area contributed by atoms with Gasteiger partial charge in [0.1, 0.15) is 5.82 Å². The summed E-state index contributed by atoms with van der Waals surface area (Å²) in [7, 11) is 1.61. The van der Waals surface area contributed by atoms with Gasteiger partial charge in [0.2, 0.25) is 11.5 Å². The van der Waals surface area contributed by atoms with Gasteiger partial charge in [-0.05, 0) is 36.6 Å². The van der Waals surface area contributed by atoms with E-state index in [2.05, 4.69) is 27.2 Å². The number of aromatic amines is 1. The van der Waals surface area contributed by atoms with Gasteiger partial charge in [0.15, 0.2) is 0 Å². The van der Waals surface area contributed by atoms with Gasteiger partial charge in [-0.2, -0.15) is 4.98 Å². The molecule has 30 heavy (non-hydrogen) atoms. The van der Waals surface area contributed by atoms with Gasteiger partial charge in [0, 0.05) is 30.3 Å². The van der Waals surface area contributed by atoms with Crippen molar-refractivity contribution >= 4 is 22.7 Å². The highest BCUT2D eigenvalue weighted by atomic mass is 16.5. The van der Waals surface area contributed by atoms with Gasteiger partial charge in [0.05, 0.1) is 24.3 Å². The molecule has 1 aromatic carbocycles. The number of H-pyrrole nitrogens is 1. The number of anilines is 2. The molecule has 3 aromatic rings. The van der Waals surface area contributed by atoms with Crippen molar-refractivity contribution in [2.24, 2.45) is 0 Å². The lowest BCUT2D eigenvalue weighted by Crippen LogP contribution is -2.39. The van der Waals surface area contributed by atoms with E-state index in [1.807, 2.05) is 25.1 Å². The van der Waals surface area contributed by atoms with Crippen molar-refractivity contribution in [3.05, 3.63) is 46.4 Å². The lowest BCUT2D eigenvalue weighted by atomic mass is 9.95. The fraction of sp³-hybridized carbons (Fsp3) is 0.409. The first-order chi connectivity index (χ1) is 14.4. The van der Waals surface area contributed by atoms with Gasteiger partial charge in [-0.25, -0.2) is 4.98 Å². The molecular formula is C22H29N5O3.